The molecule has 0 unspecified atom stereocenters. The summed E-state index contributed by atoms with van der Waals surface area (Å²) in [4.78, 5) is 15.3. The van der Waals surface area contributed by atoms with Gasteiger partial charge in [-0.05, 0) is 43.2 Å². The highest BCUT2D eigenvalue weighted by Gasteiger charge is 2.32. The molecule has 31 heavy (non-hydrogen) atoms. The Bertz CT molecular complexity index is 993. The molecule has 1 aromatic carbocycles. The zero-order valence-electron chi connectivity index (χ0n) is 17.7. The van der Waals surface area contributed by atoms with Crippen molar-refractivity contribution < 1.29 is 27.1 Å². The first-order valence-electron chi connectivity index (χ1n) is 10.6. The van der Waals surface area contributed by atoms with E-state index < -0.39 is 10.0 Å². The van der Waals surface area contributed by atoms with Crippen LogP contribution in [0.15, 0.2) is 45.9 Å². The number of morpholine rings is 1. The molecule has 4 rings (SSSR count). The van der Waals surface area contributed by atoms with Crippen molar-refractivity contribution in [3.8, 4) is 5.75 Å². The zero-order valence-corrected chi connectivity index (χ0v) is 18.5. The summed E-state index contributed by atoms with van der Waals surface area (Å²) in [5.74, 6) is 0.723. The number of carbonyl (C=O) groups is 1. The van der Waals surface area contributed by atoms with E-state index in [0.717, 1.165) is 25.7 Å². The first-order valence-corrected chi connectivity index (χ1v) is 12.0. The predicted molar refractivity (Wildman–Crippen MR) is 113 cm³/mol. The second kappa shape index (κ2) is 9.42. The van der Waals surface area contributed by atoms with Gasteiger partial charge in [-0.2, -0.15) is 4.31 Å². The molecule has 2 fully saturated rings. The minimum atomic E-state index is -3.82. The third-order valence-corrected chi connectivity index (χ3v) is 7.85. The van der Waals surface area contributed by atoms with Crippen LogP contribution in [0, 0.1) is 0 Å². The number of furan rings is 1. The number of hydrogen-bond acceptors (Lipinski definition) is 6. The molecule has 2 aliphatic rings. The van der Waals surface area contributed by atoms with E-state index in [1.807, 2.05) is 6.07 Å². The summed E-state index contributed by atoms with van der Waals surface area (Å²) in [5, 5.41) is 0. The predicted octanol–water partition coefficient (Wildman–Crippen LogP) is 2.89. The van der Waals surface area contributed by atoms with Gasteiger partial charge in [0.1, 0.15) is 16.4 Å². The van der Waals surface area contributed by atoms with Gasteiger partial charge < -0.3 is 18.8 Å². The molecule has 0 spiro atoms. The summed E-state index contributed by atoms with van der Waals surface area (Å²) >= 11 is 0. The molecular weight excluding hydrogens is 420 g/mol. The van der Waals surface area contributed by atoms with Gasteiger partial charge >= 0.3 is 0 Å². The van der Waals surface area contributed by atoms with Crippen LogP contribution in [0.1, 0.15) is 41.8 Å². The molecule has 1 aliphatic carbocycles. The summed E-state index contributed by atoms with van der Waals surface area (Å²) in [7, 11) is -2.39. The number of benzene rings is 1. The molecule has 1 amide bonds. The van der Waals surface area contributed by atoms with Gasteiger partial charge in [-0.3, -0.25) is 4.79 Å². The van der Waals surface area contributed by atoms with Crippen molar-refractivity contribution in [2.75, 3.05) is 33.4 Å². The smallest absolute Gasteiger partial charge is 0.254 e. The number of methoxy groups -OCH3 is 1. The molecule has 2 heterocycles. The van der Waals surface area contributed by atoms with Crippen molar-refractivity contribution >= 4 is 15.9 Å². The molecule has 168 valence electrons. The Kier molecular flexibility index (Phi) is 6.64. The Morgan fingerprint density at radius 3 is 2.58 bits per heavy atom. The third-order valence-electron chi connectivity index (χ3n) is 5.93. The normalized spacial score (nSPS) is 18.2. The molecule has 1 saturated heterocycles. The largest absolute Gasteiger partial charge is 0.495 e. The van der Waals surface area contributed by atoms with Crippen molar-refractivity contribution in [3.63, 3.8) is 0 Å². The average molecular weight is 449 g/mol. The first-order chi connectivity index (χ1) is 15.0. The third kappa shape index (κ3) is 4.63. The molecule has 1 aliphatic heterocycles. The fraction of sp³-hybridized carbons (Fsp3) is 0.500. The zero-order chi connectivity index (χ0) is 21.8. The van der Waals surface area contributed by atoms with Crippen molar-refractivity contribution in [1.82, 2.24) is 9.21 Å². The topological polar surface area (TPSA) is 89.3 Å². The Hall–Kier alpha value is -2.36. The van der Waals surface area contributed by atoms with E-state index in [4.69, 9.17) is 13.9 Å². The van der Waals surface area contributed by atoms with Crippen LogP contribution in [0.2, 0.25) is 0 Å². The van der Waals surface area contributed by atoms with Crippen molar-refractivity contribution in [1.29, 1.82) is 0 Å². The quantitative estimate of drug-likeness (QED) is 0.647. The highest BCUT2D eigenvalue weighted by Crippen LogP contribution is 2.31. The summed E-state index contributed by atoms with van der Waals surface area (Å²) < 4.78 is 44.0. The van der Waals surface area contributed by atoms with E-state index in [-0.39, 0.29) is 35.7 Å². The lowest BCUT2D eigenvalue weighted by molar-refractivity contribution is 0.0648. The van der Waals surface area contributed by atoms with E-state index >= 15 is 0 Å². The van der Waals surface area contributed by atoms with E-state index in [1.54, 1.807) is 29.4 Å². The summed E-state index contributed by atoms with van der Waals surface area (Å²) in [5.41, 5.74) is 0.325. The number of sulfonamides is 1. The fourth-order valence-electron chi connectivity index (χ4n) is 4.26. The maximum Gasteiger partial charge on any atom is 0.254 e. The van der Waals surface area contributed by atoms with E-state index in [9.17, 15) is 13.2 Å². The first kappa shape index (κ1) is 21.9. The molecule has 0 atom stereocenters. The van der Waals surface area contributed by atoms with Crippen molar-refractivity contribution in [3.05, 3.63) is 47.9 Å². The van der Waals surface area contributed by atoms with Gasteiger partial charge in [0.15, 0.2) is 0 Å². The van der Waals surface area contributed by atoms with Gasteiger partial charge in [-0.25, -0.2) is 8.42 Å². The second-order valence-corrected chi connectivity index (χ2v) is 9.74. The maximum absolute atomic E-state index is 13.5. The van der Waals surface area contributed by atoms with Crippen LogP contribution in [0.4, 0.5) is 0 Å². The van der Waals surface area contributed by atoms with Crippen LogP contribution in [0.3, 0.4) is 0 Å². The highest BCUT2D eigenvalue weighted by molar-refractivity contribution is 7.89. The molecule has 2 aromatic rings. The van der Waals surface area contributed by atoms with Gasteiger partial charge in [0.05, 0.1) is 33.1 Å². The van der Waals surface area contributed by atoms with Gasteiger partial charge in [-0.1, -0.05) is 12.8 Å². The fourth-order valence-corrected chi connectivity index (χ4v) is 5.85. The monoisotopic (exact) mass is 448 g/mol. The molecule has 0 N–H and O–H groups in total. The summed E-state index contributed by atoms with van der Waals surface area (Å²) in [6.45, 7) is 1.60. The number of nitrogens with zero attached hydrogens (tertiary/aromatic N) is 2. The SMILES string of the molecule is COc1ccc(C(=O)N(Cc2ccco2)C2CCCC2)cc1S(=O)(=O)N1CCOCC1. The lowest BCUT2D eigenvalue weighted by Gasteiger charge is -2.29. The molecule has 9 heteroatoms. The number of hydrogen-bond donors (Lipinski definition) is 0. The highest BCUT2D eigenvalue weighted by atomic mass is 32.2. The number of rotatable bonds is 7. The van der Waals surface area contributed by atoms with Gasteiger partial charge in [-0.15, -0.1) is 0 Å². The lowest BCUT2D eigenvalue weighted by atomic mass is 10.1. The number of carbonyl (C=O) groups excluding carboxylic acids is 1. The van der Waals surface area contributed by atoms with Gasteiger partial charge in [0.2, 0.25) is 10.0 Å². The van der Waals surface area contributed by atoms with Crippen molar-refractivity contribution in [2.45, 2.75) is 43.2 Å². The number of ether oxygens (including phenoxy) is 2. The Morgan fingerprint density at radius 2 is 1.94 bits per heavy atom. The average Bonchev–Trinajstić information content (AvgIpc) is 3.51. The maximum atomic E-state index is 13.5. The van der Waals surface area contributed by atoms with Crippen LogP contribution in [-0.4, -0.2) is 63.0 Å². The molecule has 8 nitrogen and oxygen atoms in total. The second-order valence-electron chi connectivity index (χ2n) is 7.83. The Labute approximate surface area is 182 Å². The van der Waals surface area contributed by atoms with Crippen LogP contribution < -0.4 is 4.74 Å². The minimum Gasteiger partial charge on any atom is -0.495 e. The number of amides is 1. The van der Waals surface area contributed by atoms with Crippen LogP contribution in [0.5, 0.6) is 5.75 Å². The Morgan fingerprint density at radius 1 is 1.19 bits per heavy atom. The van der Waals surface area contributed by atoms with Crippen LogP contribution in [-0.2, 0) is 21.3 Å². The molecule has 0 radical (unpaired) electrons. The van der Waals surface area contributed by atoms with Crippen molar-refractivity contribution in [2.24, 2.45) is 0 Å². The minimum absolute atomic E-state index is 0.00659. The van der Waals surface area contributed by atoms with Gasteiger partial charge in [0, 0.05) is 24.7 Å². The lowest BCUT2D eigenvalue weighted by Crippen LogP contribution is -2.41. The Balaban J connectivity index is 1.67. The standard InChI is InChI=1S/C22H28N2O6S/c1-28-20-9-8-17(15-21(20)31(26,27)23-10-13-29-14-11-23)22(25)24(18-5-2-3-6-18)16-19-7-4-12-30-19/h4,7-9,12,15,18H,2-3,5-6,10-11,13-14,16H2,1H3. The van der Waals surface area contributed by atoms with Gasteiger partial charge in [0.25, 0.3) is 5.91 Å². The summed E-state index contributed by atoms with van der Waals surface area (Å²) in [6, 6.07) is 8.38. The summed E-state index contributed by atoms with van der Waals surface area (Å²) in [6.07, 6.45) is 5.61. The molecular formula is C22H28N2O6S. The van der Waals surface area contributed by atoms with E-state index in [2.05, 4.69) is 0 Å². The molecule has 0 bridgehead atoms. The van der Waals surface area contributed by atoms with E-state index in [1.165, 1.54) is 17.5 Å². The molecule has 1 aromatic heterocycles. The van der Waals surface area contributed by atoms with E-state index in [0.29, 0.717) is 31.1 Å². The van der Waals surface area contributed by atoms with Crippen LogP contribution >= 0.6 is 0 Å². The van der Waals surface area contributed by atoms with Crippen LogP contribution in [0.25, 0.3) is 0 Å². The molecule has 1 saturated carbocycles.